The van der Waals surface area contributed by atoms with E-state index in [4.69, 9.17) is 16.3 Å². The highest BCUT2D eigenvalue weighted by Gasteiger charge is 2.23. The number of benzene rings is 1. The fraction of sp³-hybridized carbons (Fsp3) is 0.235. The predicted molar refractivity (Wildman–Crippen MR) is 103 cm³/mol. The van der Waals surface area contributed by atoms with Crippen molar-refractivity contribution in [2.75, 3.05) is 7.11 Å². The average Bonchev–Trinajstić information content (AvgIpc) is 3.21. The number of sulfonamides is 1. The van der Waals surface area contributed by atoms with Crippen LogP contribution in [-0.4, -0.2) is 25.3 Å². The molecule has 138 valence electrons. The highest BCUT2D eigenvalue weighted by molar-refractivity contribution is 7.91. The Labute approximate surface area is 161 Å². The summed E-state index contributed by atoms with van der Waals surface area (Å²) in [7, 11) is -2.03. The standard InChI is InChI=1S/C17H18ClN3O3S2/c1-11(20-26(22,23)17-9-8-16(18)25-17)15-10-19-21(12(15)2)13-4-6-14(24-3)7-5-13/h4-11,20H,1-3H3. The minimum atomic E-state index is -3.64. The SMILES string of the molecule is COc1ccc(-n2ncc(C(C)NS(=O)(=O)c3ccc(Cl)s3)c2C)cc1. The van der Waals surface area contributed by atoms with Gasteiger partial charge in [0.2, 0.25) is 0 Å². The molecule has 0 saturated heterocycles. The monoisotopic (exact) mass is 411 g/mol. The molecule has 1 aromatic carbocycles. The topological polar surface area (TPSA) is 73.2 Å². The third-order valence-electron chi connectivity index (χ3n) is 3.98. The quantitative estimate of drug-likeness (QED) is 0.666. The van der Waals surface area contributed by atoms with Crippen LogP contribution in [0.15, 0.2) is 46.8 Å². The first-order chi connectivity index (χ1) is 12.3. The van der Waals surface area contributed by atoms with Gasteiger partial charge in [0.15, 0.2) is 0 Å². The van der Waals surface area contributed by atoms with Crippen molar-refractivity contribution < 1.29 is 13.2 Å². The molecule has 1 atom stereocenters. The van der Waals surface area contributed by atoms with Gasteiger partial charge in [-0.1, -0.05) is 11.6 Å². The Balaban J connectivity index is 1.84. The van der Waals surface area contributed by atoms with E-state index in [2.05, 4.69) is 9.82 Å². The van der Waals surface area contributed by atoms with Crippen molar-refractivity contribution >= 4 is 33.0 Å². The van der Waals surface area contributed by atoms with Gasteiger partial charge < -0.3 is 4.74 Å². The predicted octanol–water partition coefficient (Wildman–Crippen LogP) is 3.94. The van der Waals surface area contributed by atoms with Gasteiger partial charge in [-0.3, -0.25) is 0 Å². The van der Waals surface area contributed by atoms with Gasteiger partial charge in [-0.2, -0.15) is 5.10 Å². The minimum Gasteiger partial charge on any atom is -0.497 e. The zero-order chi connectivity index (χ0) is 18.9. The van der Waals surface area contributed by atoms with Crippen LogP contribution in [0.1, 0.15) is 24.2 Å². The molecule has 0 saturated carbocycles. The Bertz CT molecular complexity index is 1010. The molecule has 3 aromatic rings. The summed E-state index contributed by atoms with van der Waals surface area (Å²) >= 11 is 6.87. The first-order valence-corrected chi connectivity index (χ1v) is 10.5. The lowest BCUT2D eigenvalue weighted by molar-refractivity contribution is 0.414. The van der Waals surface area contributed by atoms with E-state index in [1.807, 2.05) is 31.2 Å². The zero-order valence-electron chi connectivity index (χ0n) is 14.4. The summed E-state index contributed by atoms with van der Waals surface area (Å²) in [6.45, 7) is 3.69. The molecule has 9 heteroatoms. The molecular formula is C17H18ClN3O3S2. The first kappa shape index (κ1) is 18.9. The number of methoxy groups -OCH3 is 1. The van der Waals surface area contributed by atoms with Gasteiger partial charge in [-0.15, -0.1) is 11.3 Å². The number of ether oxygens (including phenoxy) is 1. The Morgan fingerprint density at radius 2 is 1.92 bits per heavy atom. The molecule has 2 heterocycles. The number of aromatic nitrogens is 2. The van der Waals surface area contributed by atoms with E-state index < -0.39 is 16.1 Å². The van der Waals surface area contributed by atoms with E-state index in [1.54, 1.807) is 31.0 Å². The molecule has 0 fully saturated rings. The molecule has 0 spiro atoms. The van der Waals surface area contributed by atoms with Crippen LogP contribution in [0.4, 0.5) is 0 Å². The number of nitrogens with zero attached hydrogens (tertiary/aromatic N) is 2. The second kappa shape index (κ2) is 7.40. The van der Waals surface area contributed by atoms with E-state index in [9.17, 15) is 8.42 Å². The van der Waals surface area contributed by atoms with Gasteiger partial charge in [0.05, 0.1) is 23.3 Å². The summed E-state index contributed by atoms with van der Waals surface area (Å²) in [4.78, 5) is 0. The lowest BCUT2D eigenvalue weighted by Crippen LogP contribution is -2.26. The number of thiophene rings is 1. The van der Waals surface area contributed by atoms with Gasteiger partial charge >= 0.3 is 0 Å². The Morgan fingerprint density at radius 1 is 1.23 bits per heavy atom. The Morgan fingerprint density at radius 3 is 2.50 bits per heavy atom. The van der Waals surface area contributed by atoms with E-state index in [0.717, 1.165) is 34.0 Å². The molecule has 0 aliphatic heterocycles. The summed E-state index contributed by atoms with van der Waals surface area (Å²) in [5.74, 6) is 0.759. The fourth-order valence-corrected chi connectivity index (χ4v) is 5.35. The van der Waals surface area contributed by atoms with E-state index in [-0.39, 0.29) is 4.21 Å². The van der Waals surface area contributed by atoms with Gasteiger partial charge in [0.1, 0.15) is 9.96 Å². The Hall–Kier alpha value is -1.87. The highest BCUT2D eigenvalue weighted by atomic mass is 35.5. The number of hydrogen-bond acceptors (Lipinski definition) is 5. The normalized spacial score (nSPS) is 12.9. The molecule has 3 rings (SSSR count). The molecule has 0 bridgehead atoms. The summed E-state index contributed by atoms with van der Waals surface area (Å²) in [6.07, 6.45) is 1.67. The zero-order valence-corrected chi connectivity index (χ0v) is 16.8. The maximum absolute atomic E-state index is 12.5. The summed E-state index contributed by atoms with van der Waals surface area (Å²) in [6, 6.07) is 10.1. The van der Waals surface area contributed by atoms with Crippen LogP contribution in [0, 0.1) is 6.92 Å². The lowest BCUT2D eigenvalue weighted by atomic mass is 10.1. The van der Waals surface area contributed by atoms with Crippen molar-refractivity contribution in [3.05, 3.63) is 58.2 Å². The second-order valence-electron chi connectivity index (χ2n) is 5.70. The molecule has 2 aromatic heterocycles. The van der Waals surface area contributed by atoms with Crippen LogP contribution in [0.3, 0.4) is 0 Å². The molecule has 0 aliphatic rings. The van der Waals surface area contributed by atoms with Crippen LogP contribution >= 0.6 is 22.9 Å². The average molecular weight is 412 g/mol. The highest BCUT2D eigenvalue weighted by Crippen LogP contribution is 2.28. The van der Waals surface area contributed by atoms with Crippen molar-refractivity contribution in [3.63, 3.8) is 0 Å². The van der Waals surface area contributed by atoms with Crippen LogP contribution < -0.4 is 9.46 Å². The fourth-order valence-electron chi connectivity index (χ4n) is 2.63. The second-order valence-corrected chi connectivity index (χ2v) is 9.35. The van der Waals surface area contributed by atoms with Gasteiger partial charge in [0.25, 0.3) is 10.0 Å². The molecule has 0 aliphatic carbocycles. The number of halogens is 1. The van der Waals surface area contributed by atoms with Gasteiger partial charge in [-0.25, -0.2) is 17.8 Å². The van der Waals surface area contributed by atoms with Crippen molar-refractivity contribution in [1.82, 2.24) is 14.5 Å². The van der Waals surface area contributed by atoms with Crippen LogP contribution in [-0.2, 0) is 10.0 Å². The maximum atomic E-state index is 12.5. The van der Waals surface area contributed by atoms with Crippen molar-refractivity contribution in [3.8, 4) is 11.4 Å². The largest absolute Gasteiger partial charge is 0.497 e. The van der Waals surface area contributed by atoms with E-state index >= 15 is 0 Å². The lowest BCUT2D eigenvalue weighted by Gasteiger charge is -2.14. The van der Waals surface area contributed by atoms with Crippen LogP contribution in [0.25, 0.3) is 5.69 Å². The van der Waals surface area contributed by atoms with Gasteiger partial charge in [0, 0.05) is 17.3 Å². The third-order valence-corrected chi connectivity index (χ3v) is 7.24. The third kappa shape index (κ3) is 3.78. The van der Waals surface area contributed by atoms with E-state index in [0.29, 0.717) is 4.34 Å². The number of hydrogen-bond donors (Lipinski definition) is 1. The van der Waals surface area contributed by atoms with E-state index in [1.165, 1.54) is 6.07 Å². The molecule has 0 amide bonds. The summed E-state index contributed by atoms with van der Waals surface area (Å²) < 4.78 is 35.2. The first-order valence-electron chi connectivity index (χ1n) is 7.78. The molecule has 1 unspecified atom stereocenters. The van der Waals surface area contributed by atoms with Gasteiger partial charge in [-0.05, 0) is 50.2 Å². The number of nitrogens with one attached hydrogen (secondary N) is 1. The Kier molecular flexibility index (Phi) is 5.38. The summed E-state index contributed by atoms with van der Waals surface area (Å²) in [5.41, 5.74) is 2.52. The molecular weight excluding hydrogens is 394 g/mol. The van der Waals surface area contributed by atoms with Crippen LogP contribution in [0.2, 0.25) is 4.34 Å². The molecule has 26 heavy (non-hydrogen) atoms. The molecule has 0 radical (unpaired) electrons. The van der Waals surface area contributed by atoms with Crippen molar-refractivity contribution in [2.45, 2.75) is 24.1 Å². The van der Waals surface area contributed by atoms with Crippen molar-refractivity contribution in [1.29, 1.82) is 0 Å². The smallest absolute Gasteiger partial charge is 0.250 e. The maximum Gasteiger partial charge on any atom is 0.250 e. The van der Waals surface area contributed by atoms with Crippen molar-refractivity contribution in [2.24, 2.45) is 0 Å². The summed E-state index contributed by atoms with van der Waals surface area (Å²) in [5, 5.41) is 4.39. The van der Waals surface area contributed by atoms with Crippen LogP contribution in [0.5, 0.6) is 5.75 Å². The minimum absolute atomic E-state index is 0.189. The molecule has 1 N–H and O–H groups in total. The number of rotatable bonds is 6. The molecule has 6 nitrogen and oxygen atoms in total.